The molecule has 3 saturated heterocycles. The lowest BCUT2D eigenvalue weighted by molar-refractivity contribution is -0.137. The first-order valence-corrected chi connectivity index (χ1v) is 7.19. The first kappa shape index (κ1) is 13.8. The summed E-state index contributed by atoms with van der Waals surface area (Å²) in [5, 5.41) is 3.25. The summed E-state index contributed by atoms with van der Waals surface area (Å²) >= 11 is 0. The van der Waals surface area contributed by atoms with E-state index in [1.807, 2.05) is 0 Å². The zero-order valence-electron chi connectivity index (χ0n) is 11.4. The third-order valence-corrected chi connectivity index (χ3v) is 4.91. The van der Waals surface area contributed by atoms with Crippen molar-refractivity contribution in [1.29, 1.82) is 0 Å². The van der Waals surface area contributed by atoms with Gasteiger partial charge in [-0.3, -0.25) is 9.59 Å². The summed E-state index contributed by atoms with van der Waals surface area (Å²) in [5.41, 5.74) is -0.845. The molecule has 1 aromatic carbocycles. The molecular weight excluding hydrogens is 297 g/mol. The van der Waals surface area contributed by atoms with E-state index in [2.05, 4.69) is 5.32 Å². The predicted octanol–water partition coefficient (Wildman–Crippen LogP) is 1.95. The van der Waals surface area contributed by atoms with Crippen molar-refractivity contribution in [2.75, 3.05) is 4.90 Å². The van der Waals surface area contributed by atoms with Crippen LogP contribution in [-0.4, -0.2) is 23.9 Å². The molecular formula is C15H13F3N2O2. The van der Waals surface area contributed by atoms with E-state index in [0.717, 1.165) is 29.9 Å². The van der Waals surface area contributed by atoms with Gasteiger partial charge in [0.15, 0.2) is 0 Å². The molecule has 3 aliphatic rings. The molecule has 7 heteroatoms. The Morgan fingerprint density at radius 3 is 2.18 bits per heavy atom. The van der Waals surface area contributed by atoms with Gasteiger partial charge < -0.3 is 5.32 Å². The van der Waals surface area contributed by atoms with Crippen LogP contribution in [0.5, 0.6) is 0 Å². The van der Waals surface area contributed by atoms with Crippen LogP contribution in [-0.2, 0) is 15.8 Å². The van der Waals surface area contributed by atoms with Crippen LogP contribution in [0.15, 0.2) is 24.3 Å². The summed E-state index contributed by atoms with van der Waals surface area (Å²) in [6.45, 7) is 0. The Balaban J connectivity index is 1.72. The number of carbonyl (C=O) groups is 2. The van der Waals surface area contributed by atoms with E-state index in [-0.39, 0.29) is 29.6 Å². The van der Waals surface area contributed by atoms with Crippen molar-refractivity contribution in [2.45, 2.75) is 31.1 Å². The van der Waals surface area contributed by atoms with Gasteiger partial charge in [-0.25, -0.2) is 4.90 Å². The number of hydrogen-bond donors (Lipinski definition) is 1. The number of anilines is 1. The second kappa shape index (κ2) is 4.32. The van der Waals surface area contributed by atoms with Crippen LogP contribution in [0, 0.1) is 11.8 Å². The number of nitrogens with zero attached hydrogens (tertiary/aromatic N) is 1. The molecule has 1 N–H and O–H groups in total. The number of amides is 2. The summed E-state index contributed by atoms with van der Waals surface area (Å²) < 4.78 is 38.4. The number of hydrogen-bond acceptors (Lipinski definition) is 3. The van der Waals surface area contributed by atoms with Gasteiger partial charge in [-0.15, -0.1) is 0 Å². The minimum Gasteiger partial charge on any atom is -0.310 e. The second-order valence-corrected chi connectivity index (χ2v) is 6.07. The Labute approximate surface area is 124 Å². The highest BCUT2D eigenvalue weighted by molar-refractivity contribution is 6.23. The van der Waals surface area contributed by atoms with Gasteiger partial charge >= 0.3 is 6.18 Å². The number of halogens is 3. The SMILES string of the molecule is O=C1[C@@H]2C3CCC(N3)[C@@H]2C(=O)N1c1cccc(C(F)(F)F)c1. The lowest BCUT2D eigenvalue weighted by Gasteiger charge is -2.19. The molecule has 3 fully saturated rings. The van der Waals surface area contributed by atoms with Gasteiger partial charge in [-0.2, -0.15) is 13.2 Å². The van der Waals surface area contributed by atoms with Crippen LogP contribution < -0.4 is 10.2 Å². The highest BCUT2D eigenvalue weighted by Crippen LogP contribution is 2.46. The first-order chi connectivity index (χ1) is 10.4. The number of carbonyl (C=O) groups excluding carboxylic acids is 2. The van der Waals surface area contributed by atoms with E-state index in [0.29, 0.717) is 0 Å². The molecule has 0 saturated carbocycles. The Morgan fingerprint density at radius 1 is 1.05 bits per heavy atom. The van der Waals surface area contributed by atoms with E-state index in [1.165, 1.54) is 12.1 Å². The fraction of sp³-hybridized carbons (Fsp3) is 0.467. The largest absolute Gasteiger partial charge is 0.416 e. The Hall–Kier alpha value is -1.89. The van der Waals surface area contributed by atoms with E-state index < -0.39 is 23.6 Å². The number of fused-ring (bicyclic) bond motifs is 5. The van der Waals surface area contributed by atoms with Crippen LogP contribution in [0.4, 0.5) is 18.9 Å². The summed E-state index contributed by atoms with van der Waals surface area (Å²) in [6, 6.07) is 4.35. The van der Waals surface area contributed by atoms with E-state index in [9.17, 15) is 22.8 Å². The maximum atomic E-state index is 12.8. The van der Waals surface area contributed by atoms with E-state index >= 15 is 0 Å². The molecule has 2 amide bonds. The lowest BCUT2D eigenvalue weighted by atomic mass is 9.81. The quantitative estimate of drug-likeness (QED) is 0.807. The van der Waals surface area contributed by atoms with Crippen LogP contribution >= 0.6 is 0 Å². The molecule has 1 aromatic rings. The molecule has 0 spiro atoms. The molecule has 4 rings (SSSR count). The normalized spacial score (nSPS) is 33.7. The number of imide groups is 1. The smallest absolute Gasteiger partial charge is 0.310 e. The highest BCUT2D eigenvalue weighted by atomic mass is 19.4. The minimum atomic E-state index is -4.50. The van der Waals surface area contributed by atoms with E-state index in [4.69, 9.17) is 0 Å². The average molecular weight is 310 g/mol. The highest BCUT2D eigenvalue weighted by Gasteiger charge is 2.61. The van der Waals surface area contributed by atoms with Crippen molar-refractivity contribution in [1.82, 2.24) is 5.32 Å². The zero-order valence-corrected chi connectivity index (χ0v) is 11.4. The van der Waals surface area contributed by atoms with Crippen molar-refractivity contribution in [3.8, 4) is 0 Å². The molecule has 116 valence electrons. The van der Waals surface area contributed by atoms with Crippen molar-refractivity contribution >= 4 is 17.5 Å². The lowest BCUT2D eigenvalue weighted by Crippen LogP contribution is -2.38. The number of nitrogens with one attached hydrogen (secondary N) is 1. The fourth-order valence-electron chi connectivity index (χ4n) is 4.00. The van der Waals surface area contributed by atoms with Gasteiger partial charge in [0.25, 0.3) is 0 Å². The van der Waals surface area contributed by atoms with Crippen LogP contribution in [0.2, 0.25) is 0 Å². The van der Waals surface area contributed by atoms with Crippen molar-refractivity contribution in [3.05, 3.63) is 29.8 Å². The second-order valence-electron chi connectivity index (χ2n) is 6.07. The maximum absolute atomic E-state index is 12.8. The van der Waals surface area contributed by atoms with Gasteiger partial charge in [0.1, 0.15) is 0 Å². The van der Waals surface area contributed by atoms with Gasteiger partial charge in [0.2, 0.25) is 11.8 Å². The molecule has 3 aliphatic heterocycles. The Kier molecular flexibility index (Phi) is 2.70. The minimum absolute atomic E-state index is 0.0126. The van der Waals surface area contributed by atoms with Gasteiger partial charge in [-0.1, -0.05) is 6.07 Å². The Bertz CT molecular complexity index is 645. The van der Waals surface area contributed by atoms with Gasteiger partial charge in [0, 0.05) is 12.1 Å². The number of rotatable bonds is 1. The van der Waals surface area contributed by atoms with Crippen molar-refractivity contribution in [2.24, 2.45) is 11.8 Å². The van der Waals surface area contributed by atoms with Crippen LogP contribution in [0.1, 0.15) is 18.4 Å². The number of benzene rings is 1. The molecule has 4 nitrogen and oxygen atoms in total. The molecule has 4 atom stereocenters. The Morgan fingerprint density at radius 2 is 1.64 bits per heavy atom. The summed E-state index contributed by atoms with van der Waals surface area (Å²) in [4.78, 5) is 26.0. The molecule has 0 radical (unpaired) electrons. The molecule has 0 aliphatic carbocycles. The first-order valence-electron chi connectivity index (χ1n) is 7.19. The third-order valence-electron chi connectivity index (χ3n) is 4.91. The zero-order chi connectivity index (χ0) is 15.6. The van der Waals surface area contributed by atoms with Crippen molar-refractivity contribution in [3.63, 3.8) is 0 Å². The predicted molar refractivity (Wildman–Crippen MR) is 70.9 cm³/mol. The van der Waals surface area contributed by atoms with Crippen molar-refractivity contribution < 1.29 is 22.8 Å². The topological polar surface area (TPSA) is 49.4 Å². The van der Waals surface area contributed by atoms with Crippen LogP contribution in [0.25, 0.3) is 0 Å². The summed E-state index contributed by atoms with van der Waals surface area (Å²) in [7, 11) is 0. The molecule has 3 heterocycles. The summed E-state index contributed by atoms with van der Waals surface area (Å²) in [6.07, 6.45) is -2.83. The monoisotopic (exact) mass is 310 g/mol. The summed E-state index contributed by atoms with van der Waals surface area (Å²) in [5.74, 6) is -1.62. The fourth-order valence-corrected chi connectivity index (χ4v) is 4.00. The standard InChI is InChI=1S/C15H13F3N2O2/c16-15(17,18)7-2-1-3-8(6-7)20-13(21)11-9-4-5-10(19-9)12(11)14(20)22/h1-3,6,9-12,19H,4-5H2/t9?,10?,11-,12+. The molecule has 22 heavy (non-hydrogen) atoms. The molecule has 2 bridgehead atoms. The van der Waals surface area contributed by atoms with Crippen LogP contribution in [0.3, 0.4) is 0 Å². The van der Waals surface area contributed by atoms with E-state index in [1.54, 1.807) is 0 Å². The number of alkyl halides is 3. The molecule has 2 unspecified atom stereocenters. The van der Waals surface area contributed by atoms with Gasteiger partial charge in [-0.05, 0) is 31.0 Å². The maximum Gasteiger partial charge on any atom is 0.416 e. The van der Waals surface area contributed by atoms with Gasteiger partial charge in [0.05, 0.1) is 23.1 Å². The molecule has 0 aromatic heterocycles. The third kappa shape index (κ3) is 1.75. The average Bonchev–Trinajstić information content (AvgIpc) is 3.12.